The third-order valence-corrected chi connectivity index (χ3v) is 3.30. The Kier molecular flexibility index (Phi) is 5.26. The molecule has 0 radical (unpaired) electrons. The fourth-order valence-corrected chi connectivity index (χ4v) is 2.12. The summed E-state index contributed by atoms with van der Waals surface area (Å²) in [6, 6.07) is 10.7. The van der Waals surface area contributed by atoms with Gasteiger partial charge in [0.2, 0.25) is 0 Å². The topological polar surface area (TPSA) is 95.7 Å². The van der Waals surface area contributed by atoms with Crippen LogP contribution < -0.4 is 4.74 Å². The molecule has 2 rings (SSSR count). The standard InChI is InChI=1S/C17H15NO6/c1-11(19)15-7-6-14(9-16(15)18(21)22)24-10-12-4-3-5-13(8-12)17(20)23-2/h3-9H,10H2,1-2H3. The lowest BCUT2D eigenvalue weighted by atomic mass is 10.1. The highest BCUT2D eigenvalue weighted by molar-refractivity contribution is 5.98. The molecular weight excluding hydrogens is 314 g/mol. The maximum atomic E-state index is 11.5. The molecule has 0 aromatic heterocycles. The van der Waals surface area contributed by atoms with E-state index in [2.05, 4.69) is 4.74 Å². The van der Waals surface area contributed by atoms with Crippen LogP contribution in [0, 0.1) is 10.1 Å². The largest absolute Gasteiger partial charge is 0.489 e. The molecule has 0 spiro atoms. The Morgan fingerprint density at radius 2 is 1.92 bits per heavy atom. The van der Waals surface area contributed by atoms with Gasteiger partial charge in [0.1, 0.15) is 12.4 Å². The number of carbonyl (C=O) groups is 2. The molecule has 0 aliphatic carbocycles. The Morgan fingerprint density at radius 1 is 1.17 bits per heavy atom. The number of hydrogen-bond donors (Lipinski definition) is 0. The van der Waals surface area contributed by atoms with Crippen LogP contribution in [-0.2, 0) is 11.3 Å². The smallest absolute Gasteiger partial charge is 0.337 e. The Bertz CT molecular complexity index is 799. The highest BCUT2D eigenvalue weighted by Gasteiger charge is 2.18. The van der Waals surface area contributed by atoms with Crippen LogP contribution in [0.25, 0.3) is 0 Å². The molecule has 0 unspecified atom stereocenters. The second-order valence-electron chi connectivity index (χ2n) is 4.97. The van der Waals surface area contributed by atoms with Gasteiger partial charge in [-0.05, 0) is 36.8 Å². The first-order valence-electron chi connectivity index (χ1n) is 7.02. The fraction of sp³-hybridized carbons (Fsp3) is 0.176. The van der Waals surface area contributed by atoms with Crippen molar-refractivity contribution in [3.8, 4) is 5.75 Å². The van der Waals surface area contributed by atoms with Crippen LogP contribution >= 0.6 is 0 Å². The van der Waals surface area contributed by atoms with E-state index < -0.39 is 10.9 Å². The van der Waals surface area contributed by atoms with Gasteiger partial charge in [0.05, 0.1) is 29.2 Å². The minimum Gasteiger partial charge on any atom is -0.489 e. The Morgan fingerprint density at radius 3 is 2.54 bits per heavy atom. The number of nitro groups is 1. The summed E-state index contributed by atoms with van der Waals surface area (Å²) in [4.78, 5) is 33.3. The average Bonchev–Trinajstić information content (AvgIpc) is 2.59. The van der Waals surface area contributed by atoms with Crippen molar-refractivity contribution in [1.82, 2.24) is 0 Å². The van der Waals surface area contributed by atoms with Gasteiger partial charge in [0.15, 0.2) is 5.78 Å². The predicted octanol–water partition coefficient (Wildman–Crippen LogP) is 3.16. The van der Waals surface area contributed by atoms with Crippen molar-refractivity contribution in [3.63, 3.8) is 0 Å². The number of rotatable bonds is 6. The van der Waals surface area contributed by atoms with Crippen molar-refractivity contribution in [2.75, 3.05) is 7.11 Å². The number of benzene rings is 2. The van der Waals surface area contributed by atoms with Crippen LogP contribution in [0.1, 0.15) is 33.2 Å². The molecule has 7 nitrogen and oxygen atoms in total. The van der Waals surface area contributed by atoms with Gasteiger partial charge in [-0.2, -0.15) is 0 Å². The van der Waals surface area contributed by atoms with Crippen molar-refractivity contribution in [3.05, 3.63) is 69.3 Å². The van der Waals surface area contributed by atoms with Gasteiger partial charge >= 0.3 is 5.97 Å². The molecule has 0 bridgehead atoms. The first kappa shape index (κ1) is 17.1. The summed E-state index contributed by atoms with van der Waals surface area (Å²) in [5.41, 5.74) is 0.816. The molecule has 124 valence electrons. The Labute approximate surface area is 138 Å². The van der Waals surface area contributed by atoms with Crippen LogP contribution in [0.3, 0.4) is 0 Å². The molecule has 0 saturated carbocycles. The molecule has 2 aromatic rings. The van der Waals surface area contributed by atoms with Crippen LogP contribution in [0.5, 0.6) is 5.75 Å². The minimum absolute atomic E-state index is 0.0278. The molecule has 0 N–H and O–H groups in total. The van der Waals surface area contributed by atoms with Crippen molar-refractivity contribution >= 4 is 17.4 Å². The summed E-state index contributed by atoms with van der Waals surface area (Å²) in [6.45, 7) is 1.38. The number of nitro benzene ring substituents is 1. The van der Waals surface area contributed by atoms with Crippen LogP contribution in [0.4, 0.5) is 5.69 Å². The maximum Gasteiger partial charge on any atom is 0.337 e. The summed E-state index contributed by atoms with van der Waals surface area (Å²) < 4.78 is 10.2. The quantitative estimate of drug-likeness (QED) is 0.349. The van der Waals surface area contributed by atoms with Gasteiger partial charge in [-0.3, -0.25) is 14.9 Å². The van der Waals surface area contributed by atoms with Gasteiger partial charge in [0.25, 0.3) is 5.69 Å². The first-order valence-corrected chi connectivity index (χ1v) is 7.02. The number of ether oxygens (including phenoxy) is 2. The van der Waals surface area contributed by atoms with Gasteiger partial charge < -0.3 is 9.47 Å². The summed E-state index contributed by atoms with van der Waals surface area (Å²) in [6.07, 6.45) is 0. The zero-order valence-corrected chi connectivity index (χ0v) is 13.1. The number of ketones is 1. The number of Topliss-reactive ketones (excluding diaryl/α,β-unsaturated/α-hetero) is 1. The lowest BCUT2D eigenvalue weighted by molar-refractivity contribution is -0.385. The molecule has 0 amide bonds. The van der Waals surface area contributed by atoms with E-state index >= 15 is 0 Å². The van der Waals surface area contributed by atoms with E-state index in [-0.39, 0.29) is 29.4 Å². The lowest BCUT2D eigenvalue weighted by Crippen LogP contribution is -2.04. The number of esters is 1. The molecule has 0 aliphatic heterocycles. The number of carbonyl (C=O) groups excluding carboxylic acids is 2. The monoisotopic (exact) mass is 329 g/mol. The fourth-order valence-electron chi connectivity index (χ4n) is 2.12. The van der Waals surface area contributed by atoms with Gasteiger partial charge in [-0.25, -0.2) is 4.79 Å². The number of hydrogen-bond acceptors (Lipinski definition) is 6. The number of nitrogens with zero attached hydrogens (tertiary/aromatic N) is 1. The lowest BCUT2D eigenvalue weighted by Gasteiger charge is -2.08. The SMILES string of the molecule is COC(=O)c1cccc(COc2ccc(C(C)=O)c([N+](=O)[O-])c2)c1. The van der Waals surface area contributed by atoms with Gasteiger partial charge in [-0.15, -0.1) is 0 Å². The molecule has 0 saturated heterocycles. The van der Waals surface area contributed by atoms with Crippen molar-refractivity contribution in [2.24, 2.45) is 0 Å². The first-order chi connectivity index (χ1) is 11.4. The Hall–Kier alpha value is -3.22. The summed E-state index contributed by atoms with van der Waals surface area (Å²) in [5.74, 6) is -0.590. The molecule has 24 heavy (non-hydrogen) atoms. The average molecular weight is 329 g/mol. The zero-order chi connectivity index (χ0) is 17.7. The molecule has 7 heteroatoms. The second-order valence-corrected chi connectivity index (χ2v) is 4.97. The Balaban J connectivity index is 2.18. The van der Waals surface area contributed by atoms with E-state index in [1.807, 2.05) is 0 Å². The van der Waals surface area contributed by atoms with Crippen LogP contribution in [-0.4, -0.2) is 23.8 Å². The molecule has 0 atom stereocenters. The normalized spacial score (nSPS) is 10.1. The van der Waals surface area contributed by atoms with E-state index in [1.165, 1.54) is 32.2 Å². The van der Waals surface area contributed by atoms with Crippen LogP contribution in [0.2, 0.25) is 0 Å². The van der Waals surface area contributed by atoms with Crippen molar-refractivity contribution in [1.29, 1.82) is 0 Å². The van der Waals surface area contributed by atoms with E-state index in [4.69, 9.17) is 4.74 Å². The summed E-state index contributed by atoms with van der Waals surface area (Å²) in [7, 11) is 1.29. The minimum atomic E-state index is -0.624. The highest BCUT2D eigenvalue weighted by atomic mass is 16.6. The van der Waals surface area contributed by atoms with E-state index in [0.29, 0.717) is 11.1 Å². The van der Waals surface area contributed by atoms with Crippen molar-refractivity contribution in [2.45, 2.75) is 13.5 Å². The summed E-state index contributed by atoms with van der Waals surface area (Å²) in [5, 5.41) is 11.1. The third kappa shape index (κ3) is 3.95. The van der Waals surface area contributed by atoms with E-state index in [1.54, 1.807) is 24.3 Å². The zero-order valence-electron chi connectivity index (χ0n) is 13.1. The molecule has 0 fully saturated rings. The predicted molar refractivity (Wildman–Crippen MR) is 85.2 cm³/mol. The molecule has 0 heterocycles. The molecular formula is C17H15NO6. The van der Waals surface area contributed by atoms with Gasteiger partial charge in [0, 0.05) is 0 Å². The van der Waals surface area contributed by atoms with Crippen LogP contribution in [0.15, 0.2) is 42.5 Å². The number of methoxy groups -OCH3 is 1. The maximum absolute atomic E-state index is 11.5. The second kappa shape index (κ2) is 7.36. The highest BCUT2D eigenvalue weighted by Crippen LogP contribution is 2.25. The van der Waals surface area contributed by atoms with E-state index in [0.717, 1.165) is 0 Å². The van der Waals surface area contributed by atoms with Crippen molar-refractivity contribution < 1.29 is 24.0 Å². The third-order valence-electron chi connectivity index (χ3n) is 3.30. The summed E-state index contributed by atoms with van der Waals surface area (Å²) >= 11 is 0. The van der Waals surface area contributed by atoms with Gasteiger partial charge in [-0.1, -0.05) is 12.1 Å². The van der Waals surface area contributed by atoms with E-state index in [9.17, 15) is 19.7 Å². The molecule has 0 aliphatic rings. The molecule has 2 aromatic carbocycles.